The lowest BCUT2D eigenvalue weighted by molar-refractivity contribution is -0.126. The van der Waals surface area contributed by atoms with Crippen molar-refractivity contribution in [1.82, 2.24) is 20.2 Å². The number of carbonyl (C=O) groups is 1. The van der Waals surface area contributed by atoms with E-state index in [1.54, 1.807) is 12.4 Å². The molecule has 0 saturated carbocycles. The minimum Gasteiger partial charge on any atom is -0.352 e. The highest BCUT2D eigenvalue weighted by Gasteiger charge is 2.28. The van der Waals surface area contributed by atoms with Crippen LogP contribution in [0.3, 0.4) is 0 Å². The molecule has 0 unspecified atom stereocenters. The molecular weight excluding hydrogens is 290 g/mol. The lowest BCUT2D eigenvalue weighted by atomic mass is 9.95. The van der Waals surface area contributed by atoms with Gasteiger partial charge in [-0.1, -0.05) is 6.92 Å². The highest BCUT2D eigenvalue weighted by molar-refractivity contribution is 5.79. The molecule has 3 rings (SSSR count). The molecule has 126 valence electrons. The first-order chi connectivity index (χ1) is 11.3. The SMILES string of the molecule is CCN1CCC[C@H](NC(=O)C2CCN(c3ncccn3)CC2)C1. The van der Waals surface area contributed by atoms with Gasteiger partial charge in [0, 0.05) is 44.0 Å². The molecule has 6 heteroatoms. The zero-order chi connectivity index (χ0) is 16.1. The normalized spacial score (nSPS) is 23.7. The van der Waals surface area contributed by atoms with Crippen molar-refractivity contribution in [2.45, 2.75) is 38.6 Å². The third kappa shape index (κ3) is 4.19. The van der Waals surface area contributed by atoms with E-state index in [0.717, 1.165) is 51.4 Å². The van der Waals surface area contributed by atoms with Gasteiger partial charge in [0.25, 0.3) is 0 Å². The molecule has 2 aliphatic heterocycles. The van der Waals surface area contributed by atoms with E-state index in [-0.39, 0.29) is 11.8 Å². The minimum absolute atomic E-state index is 0.131. The van der Waals surface area contributed by atoms with Crippen LogP contribution in [0, 0.1) is 5.92 Å². The molecule has 23 heavy (non-hydrogen) atoms. The number of anilines is 1. The van der Waals surface area contributed by atoms with Gasteiger partial charge in [0.15, 0.2) is 0 Å². The van der Waals surface area contributed by atoms with E-state index in [4.69, 9.17) is 0 Å². The van der Waals surface area contributed by atoms with Gasteiger partial charge in [0.1, 0.15) is 0 Å². The van der Waals surface area contributed by atoms with Crippen LogP contribution in [0.2, 0.25) is 0 Å². The first kappa shape index (κ1) is 16.2. The predicted molar refractivity (Wildman–Crippen MR) is 90.2 cm³/mol. The fourth-order valence-corrected chi connectivity index (χ4v) is 3.58. The van der Waals surface area contributed by atoms with Crippen LogP contribution in [-0.2, 0) is 4.79 Å². The maximum absolute atomic E-state index is 12.5. The quantitative estimate of drug-likeness (QED) is 0.907. The molecule has 1 atom stereocenters. The Kier molecular flexibility index (Phi) is 5.43. The van der Waals surface area contributed by atoms with Gasteiger partial charge in [-0.15, -0.1) is 0 Å². The fraction of sp³-hybridized carbons (Fsp3) is 0.706. The average molecular weight is 317 g/mol. The van der Waals surface area contributed by atoms with E-state index in [2.05, 4.69) is 32.0 Å². The van der Waals surface area contributed by atoms with Crippen molar-refractivity contribution in [3.05, 3.63) is 18.5 Å². The summed E-state index contributed by atoms with van der Waals surface area (Å²) in [5.41, 5.74) is 0. The lowest BCUT2D eigenvalue weighted by Crippen LogP contribution is -2.50. The number of likely N-dealkylation sites (tertiary alicyclic amines) is 1. The third-order valence-corrected chi connectivity index (χ3v) is 5.00. The van der Waals surface area contributed by atoms with E-state index in [1.807, 2.05) is 6.07 Å². The number of nitrogens with one attached hydrogen (secondary N) is 1. The number of rotatable bonds is 4. The van der Waals surface area contributed by atoms with Crippen molar-refractivity contribution < 1.29 is 4.79 Å². The molecule has 0 spiro atoms. The smallest absolute Gasteiger partial charge is 0.225 e. The first-order valence-corrected chi connectivity index (χ1v) is 8.81. The average Bonchev–Trinajstić information content (AvgIpc) is 2.63. The molecule has 1 N–H and O–H groups in total. The Balaban J connectivity index is 1.47. The topological polar surface area (TPSA) is 61.4 Å². The lowest BCUT2D eigenvalue weighted by Gasteiger charge is -2.35. The summed E-state index contributed by atoms with van der Waals surface area (Å²) >= 11 is 0. The second-order valence-corrected chi connectivity index (χ2v) is 6.55. The number of piperidine rings is 2. The Morgan fingerprint density at radius 3 is 2.65 bits per heavy atom. The van der Waals surface area contributed by atoms with Crippen molar-refractivity contribution in [3.8, 4) is 0 Å². The molecular formula is C17H27N5O. The molecule has 3 heterocycles. The van der Waals surface area contributed by atoms with Gasteiger partial charge >= 0.3 is 0 Å². The van der Waals surface area contributed by atoms with Gasteiger partial charge < -0.3 is 15.1 Å². The van der Waals surface area contributed by atoms with Crippen molar-refractivity contribution in [1.29, 1.82) is 0 Å². The molecule has 0 aliphatic carbocycles. The standard InChI is InChI=1S/C17H27N5O/c1-2-21-10-3-5-15(13-21)20-16(23)14-6-11-22(12-7-14)17-18-8-4-9-19-17/h4,8-9,14-15H,2-3,5-7,10-13H2,1H3,(H,20,23)/t15-/m0/s1. The summed E-state index contributed by atoms with van der Waals surface area (Å²) in [7, 11) is 0. The van der Waals surface area contributed by atoms with Gasteiger partial charge in [-0.2, -0.15) is 0 Å². The highest BCUT2D eigenvalue weighted by Crippen LogP contribution is 2.21. The van der Waals surface area contributed by atoms with E-state index in [0.29, 0.717) is 6.04 Å². The van der Waals surface area contributed by atoms with Gasteiger partial charge in [-0.3, -0.25) is 4.79 Å². The van der Waals surface area contributed by atoms with Crippen molar-refractivity contribution in [2.24, 2.45) is 5.92 Å². The largest absolute Gasteiger partial charge is 0.352 e. The molecule has 0 bridgehead atoms. The number of amides is 1. The number of hydrogen-bond donors (Lipinski definition) is 1. The predicted octanol–water partition coefficient (Wildman–Crippen LogP) is 1.29. The third-order valence-electron chi connectivity index (χ3n) is 5.00. The molecule has 1 aromatic heterocycles. The van der Waals surface area contributed by atoms with Crippen LogP contribution in [0.15, 0.2) is 18.5 Å². The van der Waals surface area contributed by atoms with Crippen LogP contribution in [0.1, 0.15) is 32.6 Å². The number of hydrogen-bond acceptors (Lipinski definition) is 5. The van der Waals surface area contributed by atoms with E-state index in [1.165, 1.54) is 13.0 Å². The van der Waals surface area contributed by atoms with Gasteiger partial charge in [0.05, 0.1) is 0 Å². The van der Waals surface area contributed by atoms with E-state index < -0.39 is 0 Å². The first-order valence-electron chi connectivity index (χ1n) is 8.81. The second-order valence-electron chi connectivity index (χ2n) is 6.55. The molecule has 2 saturated heterocycles. The number of nitrogens with zero attached hydrogens (tertiary/aromatic N) is 4. The molecule has 6 nitrogen and oxygen atoms in total. The van der Waals surface area contributed by atoms with E-state index in [9.17, 15) is 4.79 Å². The molecule has 0 aromatic carbocycles. The summed E-state index contributed by atoms with van der Waals surface area (Å²) in [4.78, 5) is 25.7. The van der Waals surface area contributed by atoms with Crippen LogP contribution in [0.5, 0.6) is 0 Å². The van der Waals surface area contributed by atoms with Gasteiger partial charge in [0.2, 0.25) is 11.9 Å². The zero-order valence-electron chi connectivity index (χ0n) is 13.9. The maximum atomic E-state index is 12.5. The molecule has 2 aliphatic rings. The summed E-state index contributed by atoms with van der Waals surface area (Å²) in [5, 5.41) is 3.28. The van der Waals surface area contributed by atoms with Gasteiger partial charge in [-0.05, 0) is 44.8 Å². The Labute approximate surface area is 138 Å². The van der Waals surface area contributed by atoms with Crippen LogP contribution < -0.4 is 10.2 Å². The Morgan fingerprint density at radius 2 is 1.96 bits per heavy atom. The molecule has 1 aromatic rings. The summed E-state index contributed by atoms with van der Waals surface area (Å²) < 4.78 is 0. The highest BCUT2D eigenvalue weighted by atomic mass is 16.2. The maximum Gasteiger partial charge on any atom is 0.225 e. The Morgan fingerprint density at radius 1 is 1.22 bits per heavy atom. The molecule has 1 amide bonds. The fourth-order valence-electron chi connectivity index (χ4n) is 3.58. The van der Waals surface area contributed by atoms with Gasteiger partial charge in [-0.25, -0.2) is 9.97 Å². The number of aromatic nitrogens is 2. The van der Waals surface area contributed by atoms with Crippen molar-refractivity contribution in [3.63, 3.8) is 0 Å². The Bertz CT molecular complexity index is 501. The monoisotopic (exact) mass is 317 g/mol. The molecule has 2 fully saturated rings. The Hall–Kier alpha value is -1.69. The number of carbonyl (C=O) groups excluding carboxylic acids is 1. The summed E-state index contributed by atoms with van der Waals surface area (Å²) in [6, 6.07) is 2.15. The van der Waals surface area contributed by atoms with Crippen LogP contribution in [-0.4, -0.2) is 59.5 Å². The van der Waals surface area contributed by atoms with Crippen molar-refractivity contribution >= 4 is 11.9 Å². The molecule has 0 radical (unpaired) electrons. The summed E-state index contributed by atoms with van der Waals surface area (Å²) in [5.74, 6) is 1.14. The van der Waals surface area contributed by atoms with Crippen LogP contribution >= 0.6 is 0 Å². The number of likely N-dealkylation sites (N-methyl/N-ethyl adjacent to an activating group) is 1. The second kappa shape index (κ2) is 7.73. The summed E-state index contributed by atoms with van der Waals surface area (Å²) in [6.07, 6.45) is 7.59. The minimum atomic E-state index is 0.131. The zero-order valence-corrected chi connectivity index (χ0v) is 13.9. The summed E-state index contributed by atoms with van der Waals surface area (Å²) in [6.45, 7) is 7.13. The van der Waals surface area contributed by atoms with Crippen LogP contribution in [0.25, 0.3) is 0 Å². The van der Waals surface area contributed by atoms with E-state index >= 15 is 0 Å². The van der Waals surface area contributed by atoms with Crippen molar-refractivity contribution in [2.75, 3.05) is 37.6 Å². The van der Waals surface area contributed by atoms with Crippen LogP contribution in [0.4, 0.5) is 5.95 Å².